The molecule has 0 unspecified atom stereocenters. The van der Waals surface area contributed by atoms with Crippen LogP contribution in [0.5, 0.6) is 0 Å². The van der Waals surface area contributed by atoms with Gasteiger partial charge in [0.2, 0.25) is 5.91 Å². The normalized spacial score (nSPS) is 19.1. The summed E-state index contributed by atoms with van der Waals surface area (Å²) >= 11 is 1.21. The van der Waals surface area contributed by atoms with Crippen LogP contribution in [0.25, 0.3) is 0 Å². The van der Waals surface area contributed by atoms with Crippen LogP contribution in [-0.4, -0.2) is 31.7 Å². The Balaban J connectivity index is 1.69. The lowest BCUT2D eigenvalue weighted by Gasteiger charge is -2.30. The summed E-state index contributed by atoms with van der Waals surface area (Å²) in [6.45, 7) is 2.69. The highest BCUT2D eigenvalue weighted by atomic mass is 32.2. The number of rotatable bonds is 4. The van der Waals surface area contributed by atoms with E-state index < -0.39 is 10.0 Å². The number of carbonyl (C=O) groups is 1. The average Bonchev–Trinajstić information content (AvgIpc) is 3.12. The van der Waals surface area contributed by atoms with Gasteiger partial charge in [0, 0.05) is 18.8 Å². The number of amides is 1. The van der Waals surface area contributed by atoms with Gasteiger partial charge >= 0.3 is 0 Å². The number of sulfonamides is 1. The predicted octanol–water partition coefficient (Wildman–Crippen LogP) is 3.10. The number of aryl methyl sites for hydroxylation is 1. The number of nitrogens with zero attached hydrogens (tertiary/aromatic N) is 1. The highest BCUT2D eigenvalue weighted by molar-refractivity contribution is 7.91. The molecule has 1 fully saturated rings. The molecule has 2 aromatic rings. The van der Waals surface area contributed by atoms with Crippen molar-refractivity contribution in [2.75, 3.05) is 18.4 Å². The van der Waals surface area contributed by atoms with Gasteiger partial charge in [-0.1, -0.05) is 23.8 Å². The molecule has 24 heavy (non-hydrogen) atoms. The van der Waals surface area contributed by atoms with Crippen molar-refractivity contribution in [2.24, 2.45) is 5.92 Å². The van der Waals surface area contributed by atoms with Crippen LogP contribution >= 0.6 is 11.3 Å². The van der Waals surface area contributed by atoms with Gasteiger partial charge in [-0.3, -0.25) is 4.79 Å². The monoisotopic (exact) mass is 364 g/mol. The van der Waals surface area contributed by atoms with Crippen LogP contribution in [0, 0.1) is 12.8 Å². The van der Waals surface area contributed by atoms with Gasteiger partial charge in [-0.15, -0.1) is 11.3 Å². The molecule has 3 rings (SSSR count). The Hall–Kier alpha value is -1.70. The highest BCUT2D eigenvalue weighted by Crippen LogP contribution is 2.27. The van der Waals surface area contributed by atoms with Crippen molar-refractivity contribution in [1.29, 1.82) is 0 Å². The van der Waals surface area contributed by atoms with Gasteiger partial charge in [0.05, 0.1) is 5.92 Å². The van der Waals surface area contributed by atoms with Crippen molar-refractivity contribution >= 4 is 33.0 Å². The first kappa shape index (κ1) is 17.1. The number of piperidine rings is 1. The largest absolute Gasteiger partial charge is 0.326 e. The molecule has 7 heteroatoms. The number of benzene rings is 1. The number of nitrogens with one attached hydrogen (secondary N) is 1. The van der Waals surface area contributed by atoms with E-state index in [9.17, 15) is 13.2 Å². The molecule has 0 saturated carbocycles. The first-order valence-electron chi connectivity index (χ1n) is 7.88. The number of hydrogen-bond donors (Lipinski definition) is 1. The maximum Gasteiger partial charge on any atom is 0.252 e. The van der Waals surface area contributed by atoms with Gasteiger partial charge in [0.25, 0.3) is 10.0 Å². The number of carbonyl (C=O) groups excluding carboxylic acids is 1. The molecule has 0 spiro atoms. The van der Waals surface area contributed by atoms with E-state index in [1.807, 2.05) is 31.2 Å². The lowest BCUT2D eigenvalue weighted by Crippen LogP contribution is -2.43. The Bertz CT molecular complexity index is 799. The summed E-state index contributed by atoms with van der Waals surface area (Å²) in [6, 6.07) is 10.9. The smallest absolute Gasteiger partial charge is 0.252 e. The Morgan fingerprint density at radius 3 is 2.67 bits per heavy atom. The summed E-state index contributed by atoms with van der Waals surface area (Å²) < 4.78 is 27.0. The van der Waals surface area contributed by atoms with Crippen LogP contribution in [0.2, 0.25) is 0 Å². The summed E-state index contributed by atoms with van der Waals surface area (Å²) in [4.78, 5) is 12.5. The molecule has 1 N–H and O–H groups in total. The van der Waals surface area contributed by atoms with Crippen LogP contribution in [0.1, 0.15) is 18.4 Å². The molecule has 128 valence electrons. The molecule has 1 aliphatic rings. The van der Waals surface area contributed by atoms with Crippen molar-refractivity contribution < 1.29 is 13.2 Å². The van der Waals surface area contributed by atoms with Gasteiger partial charge in [-0.2, -0.15) is 4.31 Å². The van der Waals surface area contributed by atoms with E-state index in [2.05, 4.69) is 5.32 Å². The van der Waals surface area contributed by atoms with Crippen molar-refractivity contribution in [3.05, 3.63) is 47.3 Å². The Kier molecular flexibility index (Phi) is 5.03. The highest BCUT2D eigenvalue weighted by Gasteiger charge is 2.33. The third-order valence-electron chi connectivity index (χ3n) is 4.16. The lowest BCUT2D eigenvalue weighted by atomic mass is 9.98. The fraction of sp³-hybridized carbons (Fsp3) is 0.353. The fourth-order valence-electron chi connectivity index (χ4n) is 2.79. The molecule has 5 nitrogen and oxygen atoms in total. The van der Waals surface area contributed by atoms with Gasteiger partial charge < -0.3 is 5.32 Å². The van der Waals surface area contributed by atoms with E-state index in [1.54, 1.807) is 17.5 Å². The van der Waals surface area contributed by atoms with Gasteiger partial charge in [0.1, 0.15) is 4.21 Å². The fourth-order valence-corrected chi connectivity index (χ4v) is 5.46. The standard InChI is InChI=1S/C17H20N2O3S2/c1-13-6-8-15(9-7-13)18-17(20)14-4-2-10-19(12-14)24(21,22)16-5-3-11-23-16/h3,5-9,11,14H,2,4,10,12H2,1H3,(H,18,20)/t14-/m1/s1. The first-order chi connectivity index (χ1) is 11.5. The zero-order chi connectivity index (χ0) is 17.2. The second-order valence-corrected chi connectivity index (χ2v) is 9.10. The van der Waals surface area contributed by atoms with Gasteiger partial charge in [-0.25, -0.2) is 8.42 Å². The van der Waals surface area contributed by atoms with Crippen molar-refractivity contribution in [3.8, 4) is 0 Å². The van der Waals surface area contributed by atoms with Crippen molar-refractivity contribution in [2.45, 2.75) is 24.0 Å². The van der Waals surface area contributed by atoms with Crippen LogP contribution in [0.3, 0.4) is 0 Å². The molecule has 1 amide bonds. The lowest BCUT2D eigenvalue weighted by molar-refractivity contribution is -0.120. The predicted molar refractivity (Wildman–Crippen MR) is 95.6 cm³/mol. The average molecular weight is 364 g/mol. The summed E-state index contributed by atoms with van der Waals surface area (Å²) in [5.74, 6) is -0.445. The zero-order valence-electron chi connectivity index (χ0n) is 13.4. The minimum Gasteiger partial charge on any atom is -0.326 e. The molecule has 0 radical (unpaired) electrons. The van der Waals surface area contributed by atoms with Crippen LogP contribution in [-0.2, 0) is 14.8 Å². The molecule has 1 aliphatic heterocycles. The second kappa shape index (κ2) is 7.04. The Labute approximate surface area is 146 Å². The molecule has 0 aliphatic carbocycles. The molecule has 1 aromatic carbocycles. The Morgan fingerprint density at radius 1 is 1.25 bits per heavy atom. The van der Waals surface area contributed by atoms with E-state index in [0.29, 0.717) is 23.6 Å². The third kappa shape index (κ3) is 3.68. The van der Waals surface area contributed by atoms with E-state index in [1.165, 1.54) is 15.6 Å². The number of hydrogen-bond acceptors (Lipinski definition) is 4. The van der Waals surface area contributed by atoms with Gasteiger partial charge in [-0.05, 0) is 43.3 Å². The van der Waals surface area contributed by atoms with E-state index in [-0.39, 0.29) is 18.4 Å². The molecular weight excluding hydrogens is 344 g/mol. The molecule has 2 heterocycles. The van der Waals surface area contributed by atoms with Crippen LogP contribution < -0.4 is 5.32 Å². The molecule has 1 aromatic heterocycles. The first-order valence-corrected chi connectivity index (χ1v) is 10.2. The van der Waals surface area contributed by atoms with Crippen molar-refractivity contribution in [1.82, 2.24) is 4.31 Å². The maximum absolute atomic E-state index is 12.6. The SMILES string of the molecule is Cc1ccc(NC(=O)[C@@H]2CCCN(S(=O)(=O)c3cccs3)C2)cc1. The number of anilines is 1. The number of thiophene rings is 1. The van der Waals surface area contributed by atoms with Crippen LogP contribution in [0.4, 0.5) is 5.69 Å². The summed E-state index contributed by atoms with van der Waals surface area (Å²) in [7, 11) is -3.49. The molecular formula is C17H20N2O3S2. The minimum absolute atomic E-state index is 0.120. The topological polar surface area (TPSA) is 66.5 Å². The van der Waals surface area contributed by atoms with Crippen LogP contribution in [0.15, 0.2) is 46.0 Å². The quantitative estimate of drug-likeness (QED) is 0.906. The second-order valence-electron chi connectivity index (χ2n) is 5.99. The summed E-state index contributed by atoms with van der Waals surface area (Å²) in [5.41, 5.74) is 1.86. The third-order valence-corrected chi connectivity index (χ3v) is 7.40. The van der Waals surface area contributed by atoms with E-state index in [4.69, 9.17) is 0 Å². The Morgan fingerprint density at radius 2 is 2.00 bits per heavy atom. The van der Waals surface area contributed by atoms with E-state index >= 15 is 0 Å². The van der Waals surface area contributed by atoms with Gasteiger partial charge in [0.15, 0.2) is 0 Å². The maximum atomic E-state index is 12.6. The minimum atomic E-state index is -3.49. The zero-order valence-corrected chi connectivity index (χ0v) is 15.1. The summed E-state index contributed by atoms with van der Waals surface area (Å²) in [5, 5.41) is 4.64. The van der Waals surface area contributed by atoms with E-state index in [0.717, 1.165) is 11.3 Å². The molecule has 1 saturated heterocycles. The molecule has 0 bridgehead atoms. The van der Waals surface area contributed by atoms with Crippen molar-refractivity contribution in [3.63, 3.8) is 0 Å². The summed E-state index contributed by atoms with van der Waals surface area (Å²) in [6.07, 6.45) is 1.39. The molecule has 1 atom stereocenters.